The number of nitrogens with one attached hydrogen (secondary N) is 3. The molecule has 3 N–H and O–H groups in total. The monoisotopic (exact) mass is 280 g/mol. The Bertz CT molecular complexity index is 564. The minimum absolute atomic E-state index is 0.284. The van der Waals surface area contributed by atoms with Crippen molar-refractivity contribution in [3.05, 3.63) is 29.5 Å². The molecule has 0 aromatic carbocycles. The van der Waals surface area contributed by atoms with Crippen molar-refractivity contribution < 1.29 is 14.3 Å². The van der Waals surface area contributed by atoms with Crippen molar-refractivity contribution in [2.45, 2.75) is 6.92 Å². The summed E-state index contributed by atoms with van der Waals surface area (Å²) in [6.45, 7) is 2.02. The molecule has 8 heteroatoms. The lowest BCUT2D eigenvalue weighted by molar-refractivity contribution is 0.0520. The quantitative estimate of drug-likeness (QED) is 0.749. The second-order valence-electron chi connectivity index (χ2n) is 3.44. The number of aromatic amines is 1. The van der Waals surface area contributed by atoms with Crippen molar-refractivity contribution >= 4 is 34.2 Å². The Balaban J connectivity index is 1.92. The van der Waals surface area contributed by atoms with Crippen LogP contribution < -0.4 is 10.6 Å². The SMILES string of the molecule is CCOC(=O)c1cc(NC(=O)Nc2nccs2)c[nH]1. The van der Waals surface area contributed by atoms with Crippen molar-refractivity contribution in [3.63, 3.8) is 0 Å². The topological polar surface area (TPSA) is 96.1 Å². The summed E-state index contributed by atoms with van der Waals surface area (Å²) >= 11 is 1.31. The lowest BCUT2D eigenvalue weighted by atomic mass is 10.4. The molecule has 0 aliphatic heterocycles. The highest BCUT2D eigenvalue weighted by atomic mass is 32.1. The van der Waals surface area contributed by atoms with Crippen LogP contribution in [0.25, 0.3) is 0 Å². The number of urea groups is 1. The molecule has 100 valence electrons. The maximum Gasteiger partial charge on any atom is 0.354 e. The number of hydrogen-bond acceptors (Lipinski definition) is 5. The first-order chi connectivity index (χ1) is 9.19. The van der Waals surface area contributed by atoms with E-state index < -0.39 is 12.0 Å². The van der Waals surface area contributed by atoms with Gasteiger partial charge in [0.1, 0.15) is 5.69 Å². The van der Waals surface area contributed by atoms with E-state index in [1.54, 1.807) is 18.5 Å². The zero-order valence-electron chi connectivity index (χ0n) is 10.1. The lowest BCUT2D eigenvalue weighted by Crippen LogP contribution is -2.18. The van der Waals surface area contributed by atoms with Crippen LogP contribution in [0.2, 0.25) is 0 Å². The van der Waals surface area contributed by atoms with Crippen LogP contribution >= 0.6 is 11.3 Å². The molecule has 2 rings (SSSR count). The second kappa shape index (κ2) is 6.01. The van der Waals surface area contributed by atoms with Crippen molar-refractivity contribution in [1.29, 1.82) is 0 Å². The van der Waals surface area contributed by atoms with E-state index in [2.05, 4.69) is 20.6 Å². The van der Waals surface area contributed by atoms with Crippen LogP contribution in [-0.4, -0.2) is 28.6 Å². The number of thiazole rings is 1. The van der Waals surface area contributed by atoms with Gasteiger partial charge in [-0.2, -0.15) is 0 Å². The molecule has 0 radical (unpaired) electrons. The average molecular weight is 280 g/mol. The first-order valence-electron chi connectivity index (χ1n) is 5.52. The van der Waals surface area contributed by atoms with Crippen molar-refractivity contribution in [1.82, 2.24) is 9.97 Å². The molecule has 2 aromatic rings. The summed E-state index contributed by atoms with van der Waals surface area (Å²) in [5.74, 6) is -0.462. The summed E-state index contributed by atoms with van der Waals surface area (Å²) < 4.78 is 4.82. The summed E-state index contributed by atoms with van der Waals surface area (Å²) in [6, 6.07) is 1.07. The number of aromatic nitrogens is 2. The normalized spacial score (nSPS) is 9.95. The Labute approximate surface area is 113 Å². The summed E-state index contributed by atoms with van der Waals surface area (Å²) in [4.78, 5) is 29.7. The van der Waals surface area contributed by atoms with E-state index >= 15 is 0 Å². The van der Waals surface area contributed by atoms with E-state index in [1.165, 1.54) is 23.6 Å². The molecule has 0 spiro atoms. The molecule has 19 heavy (non-hydrogen) atoms. The molecule has 0 aliphatic carbocycles. The smallest absolute Gasteiger partial charge is 0.354 e. The number of anilines is 2. The number of carbonyl (C=O) groups excluding carboxylic acids is 2. The fourth-order valence-corrected chi connectivity index (χ4v) is 1.86. The van der Waals surface area contributed by atoms with Gasteiger partial charge in [-0.25, -0.2) is 14.6 Å². The largest absolute Gasteiger partial charge is 0.461 e. The van der Waals surface area contributed by atoms with Gasteiger partial charge < -0.3 is 15.0 Å². The number of amides is 2. The minimum Gasteiger partial charge on any atom is -0.461 e. The van der Waals surface area contributed by atoms with Crippen LogP contribution in [0.3, 0.4) is 0 Å². The molecule has 0 aliphatic rings. The van der Waals surface area contributed by atoms with E-state index in [-0.39, 0.29) is 5.69 Å². The lowest BCUT2D eigenvalue weighted by Gasteiger charge is -2.02. The summed E-state index contributed by atoms with van der Waals surface area (Å²) in [6.07, 6.45) is 3.10. The third-order valence-electron chi connectivity index (χ3n) is 2.09. The van der Waals surface area contributed by atoms with Gasteiger partial charge in [0.15, 0.2) is 5.13 Å². The highest BCUT2D eigenvalue weighted by Crippen LogP contribution is 2.13. The Hall–Kier alpha value is -2.35. The molecular weight excluding hydrogens is 268 g/mol. The molecule has 0 saturated heterocycles. The molecular formula is C11H12N4O3S. The van der Waals surface area contributed by atoms with Gasteiger partial charge in [0, 0.05) is 17.8 Å². The van der Waals surface area contributed by atoms with E-state index in [0.717, 1.165) is 0 Å². The van der Waals surface area contributed by atoms with Gasteiger partial charge in [-0.15, -0.1) is 11.3 Å². The molecule has 0 bridgehead atoms. The number of hydrogen-bond donors (Lipinski definition) is 3. The van der Waals surface area contributed by atoms with Gasteiger partial charge in [-0.05, 0) is 13.0 Å². The van der Waals surface area contributed by atoms with Crippen LogP contribution in [0.15, 0.2) is 23.8 Å². The standard InChI is InChI=1S/C11H12N4O3S/c1-2-18-9(16)8-5-7(6-13-8)14-10(17)15-11-12-3-4-19-11/h3-6,13H,2H2,1H3,(H2,12,14,15,17). The zero-order valence-corrected chi connectivity index (χ0v) is 10.9. The van der Waals surface area contributed by atoms with Gasteiger partial charge in [-0.3, -0.25) is 5.32 Å². The van der Waals surface area contributed by atoms with Crippen LogP contribution in [0.1, 0.15) is 17.4 Å². The Morgan fingerprint density at radius 1 is 1.47 bits per heavy atom. The van der Waals surface area contributed by atoms with Gasteiger partial charge >= 0.3 is 12.0 Å². The molecule has 0 unspecified atom stereocenters. The predicted octanol–water partition coefficient (Wildman–Crippen LogP) is 2.29. The van der Waals surface area contributed by atoms with Gasteiger partial charge in [0.05, 0.1) is 12.3 Å². The number of rotatable bonds is 4. The van der Waals surface area contributed by atoms with Gasteiger partial charge in [0.25, 0.3) is 0 Å². The van der Waals surface area contributed by atoms with Crippen LogP contribution in [0.4, 0.5) is 15.6 Å². The number of carbonyl (C=O) groups is 2. The van der Waals surface area contributed by atoms with E-state index in [1.807, 2.05) is 0 Å². The summed E-state index contributed by atoms with van der Waals surface area (Å²) in [5, 5.41) is 7.39. The summed E-state index contributed by atoms with van der Waals surface area (Å²) in [5.41, 5.74) is 0.753. The number of esters is 1. The van der Waals surface area contributed by atoms with Crippen molar-refractivity contribution in [2.24, 2.45) is 0 Å². The van der Waals surface area contributed by atoms with Gasteiger partial charge in [0.2, 0.25) is 0 Å². The third kappa shape index (κ3) is 3.55. The predicted molar refractivity (Wildman–Crippen MR) is 71.5 cm³/mol. The van der Waals surface area contributed by atoms with Crippen molar-refractivity contribution in [2.75, 3.05) is 17.2 Å². The molecule has 2 amide bonds. The maximum absolute atomic E-state index is 11.6. The van der Waals surface area contributed by atoms with Gasteiger partial charge in [-0.1, -0.05) is 0 Å². The van der Waals surface area contributed by atoms with Crippen molar-refractivity contribution in [3.8, 4) is 0 Å². The molecule has 2 heterocycles. The Morgan fingerprint density at radius 2 is 2.32 bits per heavy atom. The highest BCUT2D eigenvalue weighted by molar-refractivity contribution is 7.13. The van der Waals surface area contributed by atoms with Crippen LogP contribution in [0, 0.1) is 0 Å². The fourth-order valence-electron chi connectivity index (χ4n) is 1.34. The molecule has 7 nitrogen and oxygen atoms in total. The highest BCUT2D eigenvalue weighted by Gasteiger charge is 2.11. The molecule has 0 fully saturated rings. The minimum atomic E-state index is -0.462. The maximum atomic E-state index is 11.6. The third-order valence-corrected chi connectivity index (χ3v) is 2.78. The first-order valence-corrected chi connectivity index (χ1v) is 6.40. The number of nitrogens with zero attached hydrogens (tertiary/aromatic N) is 1. The van der Waals surface area contributed by atoms with Crippen LogP contribution in [-0.2, 0) is 4.74 Å². The number of ether oxygens (including phenoxy) is 1. The summed E-state index contributed by atoms with van der Waals surface area (Å²) in [7, 11) is 0. The number of H-pyrrole nitrogens is 1. The second-order valence-corrected chi connectivity index (χ2v) is 4.33. The average Bonchev–Trinajstić information content (AvgIpc) is 3.00. The Morgan fingerprint density at radius 3 is 3.00 bits per heavy atom. The molecule has 0 atom stereocenters. The fraction of sp³-hybridized carbons (Fsp3) is 0.182. The van der Waals surface area contributed by atoms with E-state index in [4.69, 9.17) is 4.74 Å². The molecule has 0 saturated carbocycles. The van der Waals surface area contributed by atoms with Crippen LogP contribution in [0.5, 0.6) is 0 Å². The van der Waals surface area contributed by atoms with E-state index in [9.17, 15) is 9.59 Å². The molecule has 2 aromatic heterocycles. The zero-order chi connectivity index (χ0) is 13.7. The Kier molecular flexibility index (Phi) is 4.14. The first kappa shape index (κ1) is 13.1. The van der Waals surface area contributed by atoms with E-state index in [0.29, 0.717) is 17.4 Å².